The molecule has 2 N–H and O–H groups in total. The van der Waals surface area contributed by atoms with Crippen LogP contribution in [0.15, 0.2) is 30.6 Å². The molecule has 0 aliphatic heterocycles. The summed E-state index contributed by atoms with van der Waals surface area (Å²) in [7, 11) is 0. The summed E-state index contributed by atoms with van der Waals surface area (Å²) in [5.74, 6) is -1.12. The van der Waals surface area contributed by atoms with E-state index in [1.807, 2.05) is 0 Å². The highest BCUT2D eigenvalue weighted by Crippen LogP contribution is 2.18. The summed E-state index contributed by atoms with van der Waals surface area (Å²) < 4.78 is 19.8. The van der Waals surface area contributed by atoms with Crippen LogP contribution in [-0.2, 0) is 22.7 Å². The Morgan fingerprint density at radius 2 is 2.32 bits per heavy atom. The number of nitrogens with zero attached hydrogens (tertiary/aromatic N) is 2. The average Bonchev–Trinajstić information content (AvgIpc) is 2.76. The van der Waals surface area contributed by atoms with E-state index in [-0.39, 0.29) is 23.7 Å². The zero-order valence-electron chi connectivity index (χ0n) is 9.85. The fraction of sp³-hybridized carbons (Fsp3) is 0.167. The average molecular weight is 284 g/mol. The number of hydrogen-bond acceptors (Lipinski definition) is 4. The van der Waals surface area contributed by atoms with Crippen LogP contribution in [0.5, 0.6) is 0 Å². The molecule has 0 aliphatic rings. The second-order valence-corrected chi connectivity index (χ2v) is 4.25. The van der Waals surface area contributed by atoms with Crippen molar-refractivity contribution in [1.82, 2.24) is 9.78 Å². The lowest BCUT2D eigenvalue weighted by Gasteiger charge is -2.06. The molecule has 0 spiro atoms. The lowest BCUT2D eigenvalue weighted by atomic mass is 10.2. The standard InChI is InChI=1S/C12H11ClFN3O2/c13-10-3-1-2-8(12(10)14)7-19-11(18)6-17-5-9(15)4-16-17/h1-5H,6-7,15H2. The molecule has 0 radical (unpaired) electrons. The lowest BCUT2D eigenvalue weighted by Crippen LogP contribution is -2.14. The van der Waals surface area contributed by atoms with Crippen LogP contribution >= 0.6 is 11.6 Å². The van der Waals surface area contributed by atoms with Gasteiger partial charge in [0.15, 0.2) is 0 Å². The molecule has 2 rings (SSSR count). The molecule has 1 aromatic heterocycles. The molecular weight excluding hydrogens is 273 g/mol. The molecule has 0 fully saturated rings. The van der Waals surface area contributed by atoms with Gasteiger partial charge in [-0.25, -0.2) is 4.39 Å². The Bertz CT molecular complexity index is 600. The predicted molar refractivity (Wildman–Crippen MR) is 67.8 cm³/mol. The number of ether oxygens (including phenoxy) is 1. The third-order valence-corrected chi connectivity index (χ3v) is 2.66. The van der Waals surface area contributed by atoms with Gasteiger partial charge in [0, 0.05) is 11.8 Å². The fourth-order valence-corrected chi connectivity index (χ4v) is 1.66. The number of carbonyl (C=O) groups is 1. The Morgan fingerprint density at radius 3 is 3.00 bits per heavy atom. The van der Waals surface area contributed by atoms with Crippen LogP contribution in [0.4, 0.5) is 10.1 Å². The highest BCUT2D eigenvalue weighted by atomic mass is 35.5. The Hall–Kier alpha value is -2.08. The molecule has 19 heavy (non-hydrogen) atoms. The van der Waals surface area contributed by atoms with Crippen molar-refractivity contribution in [3.63, 3.8) is 0 Å². The first kappa shape index (κ1) is 13.4. The lowest BCUT2D eigenvalue weighted by molar-refractivity contribution is -0.145. The Labute approximate surface area is 113 Å². The van der Waals surface area contributed by atoms with E-state index < -0.39 is 11.8 Å². The van der Waals surface area contributed by atoms with Crippen LogP contribution in [0.25, 0.3) is 0 Å². The normalized spacial score (nSPS) is 10.4. The molecule has 0 saturated heterocycles. The number of esters is 1. The van der Waals surface area contributed by atoms with Crippen LogP contribution in [0.2, 0.25) is 5.02 Å². The summed E-state index contributed by atoms with van der Waals surface area (Å²) in [6.07, 6.45) is 2.92. The second kappa shape index (κ2) is 5.71. The third-order valence-electron chi connectivity index (χ3n) is 2.36. The summed E-state index contributed by atoms with van der Waals surface area (Å²) in [6, 6.07) is 4.51. The van der Waals surface area contributed by atoms with Crippen LogP contribution in [0.3, 0.4) is 0 Å². The molecule has 7 heteroatoms. The first-order chi connectivity index (χ1) is 9.06. The van der Waals surface area contributed by atoms with Gasteiger partial charge in [0.05, 0.1) is 16.9 Å². The van der Waals surface area contributed by atoms with E-state index in [0.29, 0.717) is 5.69 Å². The monoisotopic (exact) mass is 283 g/mol. The number of carbonyl (C=O) groups excluding carboxylic acids is 1. The number of halogens is 2. The van der Waals surface area contributed by atoms with Crippen LogP contribution in [0.1, 0.15) is 5.56 Å². The van der Waals surface area contributed by atoms with Crippen LogP contribution in [0, 0.1) is 5.82 Å². The van der Waals surface area contributed by atoms with Gasteiger partial charge in [-0.3, -0.25) is 9.48 Å². The van der Waals surface area contributed by atoms with E-state index in [9.17, 15) is 9.18 Å². The maximum atomic E-state index is 13.5. The Morgan fingerprint density at radius 1 is 1.53 bits per heavy atom. The number of rotatable bonds is 4. The van der Waals surface area contributed by atoms with E-state index in [0.717, 1.165) is 0 Å². The van der Waals surface area contributed by atoms with E-state index in [2.05, 4.69) is 5.10 Å². The van der Waals surface area contributed by atoms with Crippen molar-refractivity contribution in [2.75, 3.05) is 5.73 Å². The first-order valence-electron chi connectivity index (χ1n) is 5.42. The quantitative estimate of drug-likeness (QED) is 0.871. The highest BCUT2D eigenvalue weighted by Gasteiger charge is 2.10. The number of nitrogen functional groups attached to an aromatic ring is 1. The molecule has 5 nitrogen and oxygen atoms in total. The van der Waals surface area contributed by atoms with Crippen molar-refractivity contribution in [2.45, 2.75) is 13.2 Å². The van der Waals surface area contributed by atoms with E-state index in [1.165, 1.54) is 29.2 Å². The van der Waals surface area contributed by atoms with E-state index in [1.54, 1.807) is 6.07 Å². The molecule has 100 valence electrons. The van der Waals surface area contributed by atoms with Crippen molar-refractivity contribution in [1.29, 1.82) is 0 Å². The van der Waals surface area contributed by atoms with E-state index >= 15 is 0 Å². The van der Waals surface area contributed by atoms with Crippen LogP contribution < -0.4 is 5.73 Å². The minimum Gasteiger partial charge on any atom is -0.459 e. The van der Waals surface area contributed by atoms with Gasteiger partial charge in [-0.2, -0.15) is 5.10 Å². The van der Waals surface area contributed by atoms with Gasteiger partial charge in [-0.1, -0.05) is 23.7 Å². The van der Waals surface area contributed by atoms with Crippen molar-refractivity contribution in [3.05, 3.63) is 47.0 Å². The SMILES string of the molecule is Nc1cnn(CC(=O)OCc2cccc(Cl)c2F)c1. The largest absolute Gasteiger partial charge is 0.459 e. The minimum atomic E-state index is -0.583. The zero-order valence-corrected chi connectivity index (χ0v) is 10.6. The van der Waals surface area contributed by atoms with Crippen molar-refractivity contribution < 1.29 is 13.9 Å². The molecule has 0 unspecified atom stereocenters. The fourth-order valence-electron chi connectivity index (χ4n) is 1.46. The minimum absolute atomic E-state index is 0.00611. The van der Waals surface area contributed by atoms with Gasteiger partial charge in [0.25, 0.3) is 0 Å². The maximum Gasteiger partial charge on any atom is 0.328 e. The smallest absolute Gasteiger partial charge is 0.328 e. The van der Waals surface area contributed by atoms with Crippen molar-refractivity contribution >= 4 is 23.3 Å². The van der Waals surface area contributed by atoms with Gasteiger partial charge in [-0.15, -0.1) is 0 Å². The third kappa shape index (κ3) is 3.45. The first-order valence-corrected chi connectivity index (χ1v) is 5.80. The molecule has 1 aromatic carbocycles. The van der Waals surface area contributed by atoms with Gasteiger partial charge < -0.3 is 10.5 Å². The molecule has 0 amide bonds. The van der Waals surface area contributed by atoms with Gasteiger partial charge in [0.1, 0.15) is 19.0 Å². The second-order valence-electron chi connectivity index (χ2n) is 3.84. The predicted octanol–water partition coefficient (Wildman–Crippen LogP) is 2.00. The number of anilines is 1. The highest BCUT2D eigenvalue weighted by molar-refractivity contribution is 6.30. The Kier molecular flexibility index (Phi) is 4.01. The maximum absolute atomic E-state index is 13.5. The topological polar surface area (TPSA) is 70.1 Å². The molecule has 0 aliphatic carbocycles. The van der Waals surface area contributed by atoms with Gasteiger partial charge in [0.2, 0.25) is 0 Å². The zero-order chi connectivity index (χ0) is 13.8. The molecule has 1 heterocycles. The van der Waals surface area contributed by atoms with Crippen molar-refractivity contribution in [3.8, 4) is 0 Å². The summed E-state index contributed by atoms with van der Waals surface area (Å²) >= 11 is 5.62. The molecule has 0 bridgehead atoms. The van der Waals surface area contributed by atoms with Gasteiger partial charge >= 0.3 is 5.97 Å². The number of aromatic nitrogens is 2. The Balaban J connectivity index is 1.91. The summed E-state index contributed by atoms with van der Waals surface area (Å²) in [5, 5.41) is 3.83. The summed E-state index contributed by atoms with van der Waals surface area (Å²) in [5.41, 5.74) is 6.13. The molecule has 0 saturated carbocycles. The number of hydrogen-bond donors (Lipinski definition) is 1. The number of benzene rings is 1. The van der Waals surface area contributed by atoms with Crippen LogP contribution in [-0.4, -0.2) is 15.7 Å². The van der Waals surface area contributed by atoms with Gasteiger partial charge in [-0.05, 0) is 6.07 Å². The number of nitrogens with two attached hydrogens (primary N) is 1. The molecular formula is C12H11ClFN3O2. The summed E-state index contributed by atoms with van der Waals surface area (Å²) in [6.45, 7) is -0.263. The van der Waals surface area contributed by atoms with Crippen molar-refractivity contribution in [2.24, 2.45) is 0 Å². The molecule has 0 atom stereocenters. The molecule has 2 aromatic rings. The van der Waals surface area contributed by atoms with E-state index in [4.69, 9.17) is 22.1 Å². The summed E-state index contributed by atoms with van der Waals surface area (Å²) in [4.78, 5) is 11.5.